The fraction of sp³-hybridized carbons (Fsp3) is 0.917. The van der Waals surface area contributed by atoms with Crippen molar-refractivity contribution in [3.05, 3.63) is 0 Å². The third-order valence-corrected chi connectivity index (χ3v) is 3.49. The molecule has 1 fully saturated rings. The van der Waals surface area contributed by atoms with E-state index >= 15 is 0 Å². The molecular formula is C12H24N2O. The summed E-state index contributed by atoms with van der Waals surface area (Å²) >= 11 is 0. The molecule has 0 aromatic heterocycles. The predicted octanol–water partition coefficient (Wildman–Crippen LogP) is 2.54. The van der Waals surface area contributed by atoms with Crippen LogP contribution in [-0.2, 0) is 4.74 Å². The van der Waals surface area contributed by atoms with E-state index in [0.717, 1.165) is 24.9 Å². The Morgan fingerprint density at radius 1 is 1.33 bits per heavy atom. The topological polar surface area (TPSA) is 59.1 Å². The third kappa shape index (κ3) is 4.65. The van der Waals surface area contributed by atoms with Crippen LogP contribution in [0.3, 0.4) is 0 Å². The highest BCUT2D eigenvalue weighted by molar-refractivity contribution is 5.76. The summed E-state index contributed by atoms with van der Waals surface area (Å²) in [5.41, 5.74) is 5.28. The molecule has 15 heavy (non-hydrogen) atoms. The molecule has 0 spiro atoms. The number of hydrogen-bond acceptors (Lipinski definition) is 2. The summed E-state index contributed by atoms with van der Waals surface area (Å²) < 4.78 is 5.80. The van der Waals surface area contributed by atoms with E-state index in [0.29, 0.717) is 12.5 Å². The molecule has 3 atom stereocenters. The molecule has 3 unspecified atom stereocenters. The van der Waals surface area contributed by atoms with Gasteiger partial charge in [0, 0.05) is 13.0 Å². The van der Waals surface area contributed by atoms with Gasteiger partial charge in [0.15, 0.2) is 0 Å². The van der Waals surface area contributed by atoms with Crippen molar-refractivity contribution in [1.82, 2.24) is 0 Å². The first-order chi connectivity index (χ1) is 7.09. The van der Waals surface area contributed by atoms with E-state index in [2.05, 4.69) is 13.8 Å². The number of rotatable bonds is 5. The van der Waals surface area contributed by atoms with Crippen LogP contribution in [-0.4, -0.2) is 18.5 Å². The van der Waals surface area contributed by atoms with E-state index in [9.17, 15) is 0 Å². The second-order valence-electron chi connectivity index (χ2n) is 4.89. The summed E-state index contributed by atoms with van der Waals surface area (Å²) in [5, 5.41) is 7.10. The average molecular weight is 212 g/mol. The van der Waals surface area contributed by atoms with Crippen LogP contribution in [0.4, 0.5) is 0 Å². The standard InChI is InChI=1S/C12H24N2O/c1-9-5-6-11(8-10(9)2)15-7-3-4-12(13)14/h9-11H,3-8H2,1-2H3,(H3,13,14). The minimum absolute atomic E-state index is 0.268. The lowest BCUT2D eigenvalue weighted by atomic mass is 9.80. The zero-order chi connectivity index (χ0) is 11.3. The Morgan fingerprint density at radius 2 is 2.07 bits per heavy atom. The summed E-state index contributed by atoms with van der Waals surface area (Å²) in [4.78, 5) is 0. The maximum absolute atomic E-state index is 7.10. The average Bonchev–Trinajstić information content (AvgIpc) is 2.18. The largest absolute Gasteiger partial charge is 0.388 e. The van der Waals surface area contributed by atoms with E-state index in [4.69, 9.17) is 15.9 Å². The van der Waals surface area contributed by atoms with Gasteiger partial charge < -0.3 is 10.5 Å². The summed E-state index contributed by atoms with van der Waals surface area (Å²) in [7, 11) is 0. The molecule has 3 N–H and O–H groups in total. The first kappa shape index (κ1) is 12.5. The highest BCUT2D eigenvalue weighted by atomic mass is 16.5. The second-order valence-corrected chi connectivity index (χ2v) is 4.89. The lowest BCUT2D eigenvalue weighted by molar-refractivity contribution is 0.00221. The van der Waals surface area contributed by atoms with Crippen molar-refractivity contribution in [2.75, 3.05) is 6.61 Å². The van der Waals surface area contributed by atoms with Gasteiger partial charge in [-0.2, -0.15) is 0 Å². The Hall–Kier alpha value is -0.570. The maximum Gasteiger partial charge on any atom is 0.0906 e. The van der Waals surface area contributed by atoms with Crippen molar-refractivity contribution in [2.24, 2.45) is 17.6 Å². The van der Waals surface area contributed by atoms with Gasteiger partial charge in [0.1, 0.15) is 0 Å². The second kappa shape index (κ2) is 6.11. The highest BCUT2D eigenvalue weighted by Crippen LogP contribution is 2.30. The first-order valence-electron chi connectivity index (χ1n) is 6.04. The molecule has 0 heterocycles. The number of amidine groups is 1. The van der Waals surface area contributed by atoms with E-state index in [-0.39, 0.29) is 5.84 Å². The van der Waals surface area contributed by atoms with E-state index in [1.54, 1.807) is 0 Å². The molecule has 1 rings (SSSR count). The van der Waals surface area contributed by atoms with Crippen molar-refractivity contribution in [1.29, 1.82) is 5.41 Å². The lowest BCUT2D eigenvalue weighted by Gasteiger charge is -2.31. The molecule has 0 bridgehead atoms. The zero-order valence-electron chi connectivity index (χ0n) is 9.96. The summed E-state index contributed by atoms with van der Waals surface area (Å²) in [6, 6.07) is 0. The van der Waals surface area contributed by atoms with Crippen molar-refractivity contribution in [3.63, 3.8) is 0 Å². The molecule has 3 nitrogen and oxygen atoms in total. The van der Waals surface area contributed by atoms with Gasteiger partial charge in [0.05, 0.1) is 11.9 Å². The van der Waals surface area contributed by atoms with Crippen LogP contribution in [0.15, 0.2) is 0 Å². The van der Waals surface area contributed by atoms with E-state index in [1.807, 2.05) is 0 Å². The smallest absolute Gasteiger partial charge is 0.0906 e. The Bertz CT molecular complexity index is 206. The van der Waals surface area contributed by atoms with Crippen LogP contribution in [0.25, 0.3) is 0 Å². The molecule has 3 heteroatoms. The van der Waals surface area contributed by atoms with Crippen LogP contribution in [0.2, 0.25) is 0 Å². The monoisotopic (exact) mass is 212 g/mol. The zero-order valence-corrected chi connectivity index (χ0v) is 9.96. The minimum atomic E-state index is 0.268. The molecule has 0 radical (unpaired) electrons. The van der Waals surface area contributed by atoms with E-state index < -0.39 is 0 Å². The Kier molecular flexibility index (Phi) is 5.09. The van der Waals surface area contributed by atoms with Crippen LogP contribution >= 0.6 is 0 Å². The Morgan fingerprint density at radius 3 is 2.67 bits per heavy atom. The molecule has 0 aliphatic heterocycles. The summed E-state index contributed by atoms with van der Waals surface area (Å²) in [6.45, 7) is 5.40. The van der Waals surface area contributed by atoms with Gasteiger partial charge in [0.25, 0.3) is 0 Å². The molecular weight excluding hydrogens is 188 g/mol. The molecule has 88 valence electrons. The molecule has 1 aliphatic carbocycles. The summed E-state index contributed by atoms with van der Waals surface area (Å²) in [6.07, 6.45) is 5.68. The molecule has 1 saturated carbocycles. The van der Waals surface area contributed by atoms with Gasteiger partial charge in [-0.25, -0.2) is 0 Å². The minimum Gasteiger partial charge on any atom is -0.388 e. The fourth-order valence-electron chi connectivity index (χ4n) is 2.16. The SMILES string of the molecule is CC1CCC(OCCCC(=N)N)CC1C. The van der Waals surface area contributed by atoms with Gasteiger partial charge in [-0.15, -0.1) is 0 Å². The van der Waals surface area contributed by atoms with Crippen molar-refractivity contribution in [3.8, 4) is 0 Å². The van der Waals surface area contributed by atoms with Gasteiger partial charge >= 0.3 is 0 Å². The van der Waals surface area contributed by atoms with Crippen LogP contribution < -0.4 is 5.73 Å². The molecule has 0 aromatic carbocycles. The van der Waals surface area contributed by atoms with Crippen molar-refractivity contribution in [2.45, 2.75) is 52.1 Å². The first-order valence-corrected chi connectivity index (χ1v) is 6.04. The maximum atomic E-state index is 7.10. The number of nitrogens with one attached hydrogen (secondary N) is 1. The predicted molar refractivity (Wildman–Crippen MR) is 63.1 cm³/mol. The van der Waals surface area contributed by atoms with Crippen molar-refractivity contribution < 1.29 is 4.74 Å². The normalized spacial score (nSPS) is 31.5. The number of ether oxygens (including phenoxy) is 1. The van der Waals surface area contributed by atoms with Crippen LogP contribution in [0, 0.1) is 17.2 Å². The van der Waals surface area contributed by atoms with Gasteiger partial charge in [-0.1, -0.05) is 13.8 Å². The number of nitrogens with two attached hydrogens (primary N) is 1. The molecule has 1 aliphatic rings. The van der Waals surface area contributed by atoms with Gasteiger partial charge in [0.2, 0.25) is 0 Å². The fourth-order valence-corrected chi connectivity index (χ4v) is 2.16. The molecule has 0 amide bonds. The van der Waals surface area contributed by atoms with E-state index in [1.165, 1.54) is 19.3 Å². The van der Waals surface area contributed by atoms with Gasteiger partial charge in [-0.05, 0) is 37.5 Å². The Balaban J connectivity index is 2.09. The lowest BCUT2D eigenvalue weighted by Crippen LogP contribution is -2.27. The third-order valence-electron chi connectivity index (χ3n) is 3.49. The molecule has 0 aromatic rings. The number of hydrogen-bond donors (Lipinski definition) is 2. The van der Waals surface area contributed by atoms with Crippen LogP contribution in [0.5, 0.6) is 0 Å². The highest BCUT2D eigenvalue weighted by Gasteiger charge is 2.24. The van der Waals surface area contributed by atoms with Crippen molar-refractivity contribution >= 4 is 5.84 Å². The van der Waals surface area contributed by atoms with Crippen LogP contribution in [0.1, 0.15) is 46.0 Å². The van der Waals surface area contributed by atoms with Gasteiger partial charge in [-0.3, -0.25) is 5.41 Å². The molecule has 0 saturated heterocycles. The quantitative estimate of drug-likeness (QED) is 0.418. The summed E-state index contributed by atoms with van der Waals surface area (Å²) in [5.74, 6) is 1.91. The Labute approximate surface area is 92.9 Å².